The van der Waals surface area contributed by atoms with Crippen molar-refractivity contribution in [3.63, 3.8) is 0 Å². The van der Waals surface area contributed by atoms with E-state index in [9.17, 15) is 0 Å². The van der Waals surface area contributed by atoms with Crippen molar-refractivity contribution in [2.75, 3.05) is 0 Å². The van der Waals surface area contributed by atoms with Crippen LogP contribution in [0.15, 0.2) is 48.6 Å². The van der Waals surface area contributed by atoms with E-state index in [-0.39, 0.29) is 0 Å². The summed E-state index contributed by atoms with van der Waals surface area (Å²) in [6.45, 7) is 15.3. The maximum atomic E-state index is 3.67. The minimum absolute atomic E-state index is 1.21. The van der Waals surface area contributed by atoms with Gasteiger partial charge in [-0.25, -0.2) is 0 Å². The fourth-order valence-corrected chi connectivity index (χ4v) is 0.505. The van der Waals surface area contributed by atoms with Crippen molar-refractivity contribution in [2.45, 2.75) is 27.7 Å². The Morgan fingerprint density at radius 1 is 1.00 bits per heavy atom. The van der Waals surface area contributed by atoms with Crippen molar-refractivity contribution in [2.24, 2.45) is 0 Å². The Bertz CT molecular complexity index is 180. The van der Waals surface area contributed by atoms with Crippen molar-refractivity contribution >= 4 is 0 Å². The van der Waals surface area contributed by atoms with Crippen LogP contribution in [0.4, 0.5) is 0 Å². The second-order valence-electron chi connectivity index (χ2n) is 2.16. The fourth-order valence-electron chi connectivity index (χ4n) is 0.505. The zero-order valence-electron chi connectivity index (χ0n) is 8.72. The van der Waals surface area contributed by atoms with E-state index in [2.05, 4.69) is 20.1 Å². The predicted molar refractivity (Wildman–Crippen MR) is 59.3 cm³/mol. The highest BCUT2D eigenvalue weighted by atomic mass is 13.9. The van der Waals surface area contributed by atoms with Gasteiger partial charge in [-0.1, -0.05) is 51.3 Å². The molecule has 0 aromatic heterocycles. The van der Waals surface area contributed by atoms with E-state index >= 15 is 0 Å². The van der Waals surface area contributed by atoms with Crippen molar-refractivity contribution < 1.29 is 0 Å². The monoisotopic (exact) mass is 164 g/mol. The molecule has 0 spiro atoms. The van der Waals surface area contributed by atoms with Crippen LogP contribution in [0, 0.1) is 0 Å². The number of rotatable bonds is 3. The van der Waals surface area contributed by atoms with Gasteiger partial charge in [-0.2, -0.15) is 0 Å². The van der Waals surface area contributed by atoms with E-state index < -0.39 is 0 Å². The fraction of sp³-hybridized carbons (Fsp3) is 0.333. The normalized spacial score (nSPS) is 11.3. The number of hydrogen-bond acceptors (Lipinski definition) is 0. The highest BCUT2D eigenvalue weighted by Gasteiger charge is 1.84. The molecular weight excluding hydrogens is 144 g/mol. The van der Waals surface area contributed by atoms with Gasteiger partial charge in [0.05, 0.1) is 0 Å². The van der Waals surface area contributed by atoms with E-state index in [1.165, 1.54) is 11.1 Å². The molecule has 0 heterocycles. The topological polar surface area (TPSA) is 0 Å². The molecule has 0 bridgehead atoms. The molecule has 0 aliphatic rings. The van der Waals surface area contributed by atoms with Gasteiger partial charge in [-0.3, -0.25) is 0 Å². The first-order valence-corrected chi connectivity index (χ1v) is 4.31. The van der Waals surface area contributed by atoms with Gasteiger partial charge in [-0.15, -0.1) is 0 Å². The van der Waals surface area contributed by atoms with E-state index in [1.807, 2.05) is 39.0 Å². The van der Waals surface area contributed by atoms with E-state index in [0.717, 1.165) is 0 Å². The molecule has 0 N–H and O–H groups in total. The minimum atomic E-state index is 1.21. The van der Waals surface area contributed by atoms with Crippen LogP contribution in [0.1, 0.15) is 27.7 Å². The third-order valence-corrected chi connectivity index (χ3v) is 1.41. The summed E-state index contributed by atoms with van der Waals surface area (Å²) in [5.74, 6) is 0. The summed E-state index contributed by atoms with van der Waals surface area (Å²) in [7, 11) is 0. The Morgan fingerprint density at radius 3 is 1.83 bits per heavy atom. The molecule has 0 saturated carbocycles. The van der Waals surface area contributed by atoms with Crippen LogP contribution in [0.5, 0.6) is 0 Å². The first kappa shape index (κ1) is 13.5. The lowest BCUT2D eigenvalue weighted by Gasteiger charge is -1.93. The largest absolute Gasteiger partial charge is 0.0991 e. The van der Waals surface area contributed by atoms with Gasteiger partial charge in [0.2, 0.25) is 0 Å². The Kier molecular flexibility index (Phi) is 11.2. The van der Waals surface area contributed by atoms with Gasteiger partial charge in [-0.05, 0) is 25.0 Å². The molecule has 0 aromatic rings. The first-order valence-electron chi connectivity index (χ1n) is 4.31. The highest BCUT2D eigenvalue weighted by Crippen LogP contribution is 2.04. The van der Waals surface area contributed by atoms with Gasteiger partial charge in [0.1, 0.15) is 0 Å². The Labute approximate surface area is 77.0 Å². The van der Waals surface area contributed by atoms with Gasteiger partial charge in [0.15, 0.2) is 0 Å². The third kappa shape index (κ3) is 7.07. The van der Waals surface area contributed by atoms with Crippen LogP contribution in [0.3, 0.4) is 0 Å². The lowest BCUT2D eigenvalue weighted by atomic mass is 10.1. The standard InChI is InChI=1S/C10H14.C2H6/c1-5-7-8-10(4)9(3)6-2;1-2/h5-8H,1-2H2,3-4H3;1-2H3/b8-7-,10-9+;. The zero-order chi connectivity index (χ0) is 9.98. The Hall–Kier alpha value is -1.04. The molecule has 0 fully saturated rings. The SMILES string of the molecule is C=C/C=C\C(C)=C(/C)C=C.CC. The molecule has 0 aliphatic carbocycles. The average molecular weight is 164 g/mol. The molecule has 0 aromatic carbocycles. The molecule has 0 saturated heterocycles. The predicted octanol–water partition coefficient (Wildman–Crippen LogP) is 4.28. The third-order valence-electron chi connectivity index (χ3n) is 1.41. The summed E-state index contributed by atoms with van der Waals surface area (Å²) in [6.07, 6.45) is 7.55. The second kappa shape index (κ2) is 9.96. The minimum Gasteiger partial charge on any atom is -0.0991 e. The lowest BCUT2D eigenvalue weighted by molar-refractivity contribution is 1.38. The number of allylic oxidation sites excluding steroid dienone is 6. The van der Waals surface area contributed by atoms with Crippen LogP contribution < -0.4 is 0 Å². The van der Waals surface area contributed by atoms with E-state index in [4.69, 9.17) is 0 Å². The maximum absolute atomic E-state index is 3.67. The molecule has 0 nitrogen and oxygen atoms in total. The molecule has 0 atom stereocenters. The lowest BCUT2D eigenvalue weighted by Crippen LogP contribution is -1.73. The summed E-state index contributed by atoms with van der Waals surface area (Å²) >= 11 is 0. The maximum Gasteiger partial charge on any atom is -0.0395 e. The quantitative estimate of drug-likeness (QED) is 0.546. The van der Waals surface area contributed by atoms with Crippen molar-refractivity contribution in [3.8, 4) is 0 Å². The van der Waals surface area contributed by atoms with Crippen LogP contribution in [0.25, 0.3) is 0 Å². The van der Waals surface area contributed by atoms with E-state index in [1.54, 1.807) is 6.08 Å². The summed E-state index contributed by atoms with van der Waals surface area (Å²) in [5, 5.41) is 0. The molecular formula is C12H20. The van der Waals surface area contributed by atoms with Gasteiger partial charge in [0.25, 0.3) is 0 Å². The van der Waals surface area contributed by atoms with Crippen molar-refractivity contribution in [1.29, 1.82) is 0 Å². The van der Waals surface area contributed by atoms with Crippen LogP contribution in [0.2, 0.25) is 0 Å². The molecule has 0 radical (unpaired) electrons. The Morgan fingerprint density at radius 2 is 1.50 bits per heavy atom. The molecule has 0 unspecified atom stereocenters. The van der Waals surface area contributed by atoms with Gasteiger partial charge in [0, 0.05) is 0 Å². The summed E-state index contributed by atoms with van der Waals surface area (Å²) in [4.78, 5) is 0. The molecule has 12 heavy (non-hydrogen) atoms. The van der Waals surface area contributed by atoms with Gasteiger partial charge < -0.3 is 0 Å². The molecule has 68 valence electrons. The first-order chi connectivity index (χ1) is 5.72. The van der Waals surface area contributed by atoms with Crippen LogP contribution in [-0.2, 0) is 0 Å². The molecule has 0 aliphatic heterocycles. The highest BCUT2D eigenvalue weighted by molar-refractivity contribution is 5.30. The zero-order valence-corrected chi connectivity index (χ0v) is 8.72. The summed E-state index contributed by atoms with van der Waals surface area (Å²) < 4.78 is 0. The van der Waals surface area contributed by atoms with Gasteiger partial charge >= 0.3 is 0 Å². The average Bonchev–Trinajstić information content (AvgIpc) is 2.16. The smallest absolute Gasteiger partial charge is 0.0395 e. The molecule has 0 heteroatoms. The van der Waals surface area contributed by atoms with Crippen LogP contribution >= 0.6 is 0 Å². The Balaban J connectivity index is 0. The molecule has 0 rings (SSSR count). The van der Waals surface area contributed by atoms with Crippen molar-refractivity contribution in [1.82, 2.24) is 0 Å². The molecule has 0 amide bonds. The summed E-state index contributed by atoms with van der Waals surface area (Å²) in [5.41, 5.74) is 2.44. The number of hydrogen-bond donors (Lipinski definition) is 0. The second-order valence-corrected chi connectivity index (χ2v) is 2.16. The van der Waals surface area contributed by atoms with E-state index in [0.29, 0.717) is 0 Å². The summed E-state index contributed by atoms with van der Waals surface area (Å²) in [6, 6.07) is 0. The van der Waals surface area contributed by atoms with Crippen LogP contribution in [-0.4, -0.2) is 0 Å². The van der Waals surface area contributed by atoms with Crippen molar-refractivity contribution in [3.05, 3.63) is 48.6 Å².